The van der Waals surface area contributed by atoms with E-state index in [1.807, 2.05) is 44.2 Å². The molecule has 5 heteroatoms. The van der Waals surface area contributed by atoms with Crippen LogP contribution in [0.5, 0.6) is 5.75 Å². The second kappa shape index (κ2) is 10.3. The van der Waals surface area contributed by atoms with E-state index in [-0.39, 0.29) is 17.7 Å². The van der Waals surface area contributed by atoms with Crippen molar-refractivity contribution in [2.75, 3.05) is 5.32 Å². The van der Waals surface area contributed by atoms with Crippen LogP contribution in [0, 0.1) is 13.8 Å². The van der Waals surface area contributed by atoms with Gasteiger partial charge in [0.2, 0.25) is 0 Å². The fourth-order valence-corrected chi connectivity index (χ4v) is 4.20. The fourth-order valence-electron chi connectivity index (χ4n) is 3.80. The zero-order valence-electron chi connectivity index (χ0n) is 19.6. The predicted octanol–water partition coefficient (Wildman–Crippen LogP) is 7.54. The second-order valence-corrected chi connectivity index (χ2v) is 9.44. The molecular weight excluding hydrogens is 464 g/mol. The number of carbonyl (C=O) groups excluding carboxylic acids is 1. The van der Waals surface area contributed by atoms with Gasteiger partial charge in [-0.3, -0.25) is 9.78 Å². The highest BCUT2D eigenvalue weighted by Crippen LogP contribution is 2.36. The molecule has 0 atom stereocenters. The van der Waals surface area contributed by atoms with Crippen molar-refractivity contribution in [2.24, 2.45) is 0 Å². The van der Waals surface area contributed by atoms with Gasteiger partial charge in [0.15, 0.2) is 0 Å². The predicted molar refractivity (Wildman–Crippen MR) is 135 cm³/mol. The van der Waals surface area contributed by atoms with Crippen LogP contribution in [-0.2, 0) is 6.61 Å². The Morgan fingerprint density at radius 1 is 0.938 bits per heavy atom. The van der Waals surface area contributed by atoms with Crippen molar-refractivity contribution in [2.45, 2.75) is 60.0 Å². The minimum atomic E-state index is -0.214. The van der Waals surface area contributed by atoms with Gasteiger partial charge in [0.1, 0.15) is 17.9 Å². The van der Waals surface area contributed by atoms with E-state index in [0.29, 0.717) is 28.1 Å². The summed E-state index contributed by atoms with van der Waals surface area (Å²) in [6.45, 7) is 12.7. The molecule has 0 unspecified atom stereocenters. The molecule has 0 aliphatic heterocycles. The maximum Gasteiger partial charge on any atom is 0.261 e. The first-order valence-corrected chi connectivity index (χ1v) is 11.8. The molecule has 0 saturated heterocycles. The van der Waals surface area contributed by atoms with Crippen molar-refractivity contribution in [3.8, 4) is 5.75 Å². The summed E-state index contributed by atoms with van der Waals surface area (Å²) in [5.74, 6) is 0.863. The maximum absolute atomic E-state index is 13.6. The average molecular weight is 495 g/mol. The number of ether oxygens (including phenoxy) is 1. The summed E-state index contributed by atoms with van der Waals surface area (Å²) in [6.07, 6.45) is 0. The molecule has 168 valence electrons. The van der Waals surface area contributed by atoms with Gasteiger partial charge in [-0.15, -0.1) is 0 Å². The van der Waals surface area contributed by atoms with Gasteiger partial charge in [0, 0.05) is 5.69 Å². The highest BCUT2D eigenvalue weighted by atomic mass is 79.9. The molecule has 0 aliphatic rings. The van der Waals surface area contributed by atoms with E-state index in [9.17, 15) is 4.79 Å². The van der Waals surface area contributed by atoms with Gasteiger partial charge >= 0.3 is 0 Å². The SMILES string of the molecule is Cc1nc(C)c(C(=O)Nc2c(C(C)C)cccc2C(C)C)c(OCc2ccccc2)c1Br. The highest BCUT2D eigenvalue weighted by Gasteiger charge is 2.24. The Morgan fingerprint density at radius 3 is 2.09 bits per heavy atom. The third-order valence-electron chi connectivity index (χ3n) is 5.51. The number of anilines is 1. The molecule has 1 aromatic heterocycles. The first kappa shape index (κ1) is 24.0. The van der Waals surface area contributed by atoms with Crippen molar-refractivity contribution in [1.82, 2.24) is 4.98 Å². The van der Waals surface area contributed by atoms with Crippen LogP contribution >= 0.6 is 15.9 Å². The lowest BCUT2D eigenvalue weighted by Crippen LogP contribution is -2.19. The Labute approximate surface area is 199 Å². The smallest absolute Gasteiger partial charge is 0.261 e. The molecule has 0 fully saturated rings. The molecule has 1 N–H and O–H groups in total. The Bertz CT molecular complexity index is 1080. The Balaban J connectivity index is 2.03. The van der Waals surface area contributed by atoms with Crippen molar-refractivity contribution in [3.63, 3.8) is 0 Å². The Morgan fingerprint density at radius 2 is 1.53 bits per heavy atom. The zero-order chi connectivity index (χ0) is 23.4. The quantitative estimate of drug-likeness (QED) is 0.368. The van der Waals surface area contributed by atoms with Crippen LogP contribution in [0.25, 0.3) is 0 Å². The van der Waals surface area contributed by atoms with E-state index in [0.717, 1.165) is 28.1 Å². The number of carbonyl (C=O) groups is 1. The number of halogens is 1. The summed E-state index contributed by atoms with van der Waals surface area (Å²) in [7, 11) is 0. The highest BCUT2D eigenvalue weighted by molar-refractivity contribution is 9.10. The normalized spacial score (nSPS) is 11.2. The number of nitrogens with one attached hydrogen (secondary N) is 1. The summed E-state index contributed by atoms with van der Waals surface area (Å²) >= 11 is 3.60. The summed E-state index contributed by atoms with van der Waals surface area (Å²) in [5, 5.41) is 3.20. The number of nitrogens with zero attached hydrogens (tertiary/aromatic N) is 1. The fraction of sp³-hybridized carbons (Fsp3) is 0.333. The number of amides is 1. The van der Waals surface area contributed by atoms with Crippen molar-refractivity contribution >= 4 is 27.5 Å². The summed E-state index contributed by atoms with van der Waals surface area (Å²) in [6, 6.07) is 16.1. The zero-order valence-corrected chi connectivity index (χ0v) is 21.2. The summed E-state index contributed by atoms with van der Waals surface area (Å²) < 4.78 is 6.88. The van der Waals surface area contributed by atoms with Crippen molar-refractivity contribution in [1.29, 1.82) is 0 Å². The van der Waals surface area contributed by atoms with Gasteiger partial charge in [-0.05, 0) is 58.3 Å². The molecule has 1 amide bonds. The van der Waals surface area contributed by atoms with Gasteiger partial charge in [0.25, 0.3) is 5.91 Å². The lowest BCUT2D eigenvalue weighted by atomic mass is 9.92. The summed E-state index contributed by atoms with van der Waals surface area (Å²) in [4.78, 5) is 18.2. The molecule has 0 saturated carbocycles. The third kappa shape index (κ3) is 5.21. The summed E-state index contributed by atoms with van der Waals surface area (Å²) in [5.41, 5.74) is 6.03. The number of aromatic nitrogens is 1. The van der Waals surface area contributed by atoms with Crippen LogP contribution in [0.4, 0.5) is 5.69 Å². The van der Waals surface area contributed by atoms with E-state index in [2.05, 4.69) is 72.1 Å². The molecule has 0 radical (unpaired) electrons. The number of benzene rings is 2. The van der Waals surface area contributed by atoms with Crippen LogP contribution in [0.3, 0.4) is 0 Å². The van der Waals surface area contributed by atoms with Gasteiger partial charge < -0.3 is 10.1 Å². The Hall–Kier alpha value is -2.66. The average Bonchev–Trinajstić information content (AvgIpc) is 2.75. The monoisotopic (exact) mass is 494 g/mol. The van der Waals surface area contributed by atoms with E-state index in [4.69, 9.17) is 4.74 Å². The van der Waals surface area contributed by atoms with Gasteiger partial charge in [0.05, 0.1) is 15.9 Å². The minimum absolute atomic E-state index is 0.214. The Kier molecular flexibility index (Phi) is 7.73. The van der Waals surface area contributed by atoms with Crippen molar-refractivity contribution < 1.29 is 9.53 Å². The van der Waals surface area contributed by atoms with Crippen LogP contribution in [0.15, 0.2) is 53.0 Å². The molecule has 4 nitrogen and oxygen atoms in total. The van der Waals surface area contributed by atoms with E-state index >= 15 is 0 Å². The van der Waals surface area contributed by atoms with Crippen molar-refractivity contribution in [3.05, 3.63) is 86.6 Å². The second-order valence-electron chi connectivity index (χ2n) is 8.65. The topological polar surface area (TPSA) is 51.2 Å². The number of pyridine rings is 1. The molecule has 32 heavy (non-hydrogen) atoms. The number of para-hydroxylation sites is 1. The molecule has 2 aromatic carbocycles. The lowest BCUT2D eigenvalue weighted by Gasteiger charge is -2.22. The first-order valence-electron chi connectivity index (χ1n) is 11.0. The van der Waals surface area contributed by atoms with Crippen LogP contribution in [0.2, 0.25) is 0 Å². The van der Waals surface area contributed by atoms with Crippen LogP contribution in [-0.4, -0.2) is 10.9 Å². The molecule has 3 aromatic rings. The molecule has 0 aliphatic carbocycles. The third-order valence-corrected chi connectivity index (χ3v) is 6.44. The lowest BCUT2D eigenvalue weighted by molar-refractivity contribution is 0.102. The number of rotatable bonds is 7. The molecule has 0 spiro atoms. The van der Waals surface area contributed by atoms with Gasteiger partial charge in [-0.2, -0.15) is 0 Å². The van der Waals surface area contributed by atoms with E-state index in [1.165, 1.54) is 0 Å². The number of aryl methyl sites for hydroxylation is 2. The van der Waals surface area contributed by atoms with Gasteiger partial charge in [-0.1, -0.05) is 76.2 Å². The molecular formula is C27H31BrN2O2. The van der Waals surface area contributed by atoms with Crippen LogP contribution < -0.4 is 10.1 Å². The van der Waals surface area contributed by atoms with Crippen LogP contribution in [0.1, 0.15) is 78.0 Å². The largest absolute Gasteiger partial charge is 0.487 e. The standard InChI is InChI=1S/C27H31BrN2O2/c1-16(2)21-13-10-14-22(17(3)4)25(21)30-27(31)23-18(5)29-19(6)24(28)26(23)32-15-20-11-8-7-9-12-20/h7-14,16-17H,15H2,1-6H3,(H,30,31). The van der Waals surface area contributed by atoms with Gasteiger partial charge in [-0.25, -0.2) is 0 Å². The minimum Gasteiger partial charge on any atom is -0.487 e. The van der Waals surface area contributed by atoms with E-state index in [1.54, 1.807) is 0 Å². The number of hydrogen-bond acceptors (Lipinski definition) is 3. The molecule has 0 bridgehead atoms. The molecule has 1 heterocycles. The first-order chi connectivity index (χ1) is 15.2. The van der Waals surface area contributed by atoms with E-state index < -0.39 is 0 Å². The maximum atomic E-state index is 13.6. The molecule has 3 rings (SSSR count). The number of hydrogen-bond donors (Lipinski definition) is 1.